The Morgan fingerprint density at radius 3 is 2.26 bits per heavy atom. The van der Waals surface area contributed by atoms with Crippen LogP contribution in [0.2, 0.25) is 0 Å². The Balaban J connectivity index is 2.73. The Hall–Kier alpha value is -2.69. The molecule has 0 saturated carbocycles. The average molecular weight is 371 g/mol. The van der Waals surface area contributed by atoms with E-state index in [1.54, 1.807) is 19.1 Å². The summed E-state index contributed by atoms with van der Waals surface area (Å²) in [4.78, 5) is 15.0. The van der Waals surface area contributed by atoms with Gasteiger partial charge in [-0.2, -0.15) is 0 Å². The van der Waals surface area contributed by atoms with Crippen LogP contribution in [0.15, 0.2) is 36.4 Å². The second-order valence-corrected chi connectivity index (χ2v) is 6.39. The number of nitrogens with zero attached hydrogens (tertiary/aromatic N) is 1. The van der Waals surface area contributed by atoms with Gasteiger partial charge in [0.25, 0.3) is 5.91 Å². The first-order chi connectivity index (χ1) is 13.0. The van der Waals surface area contributed by atoms with Gasteiger partial charge >= 0.3 is 0 Å². The third kappa shape index (κ3) is 4.54. The molecule has 0 aliphatic rings. The Labute approximate surface area is 161 Å². The van der Waals surface area contributed by atoms with Crippen LogP contribution in [0.5, 0.6) is 17.2 Å². The van der Waals surface area contributed by atoms with Gasteiger partial charge in [-0.15, -0.1) is 0 Å². The molecule has 0 aromatic heterocycles. The van der Waals surface area contributed by atoms with Crippen LogP contribution in [0.4, 0.5) is 0 Å². The Morgan fingerprint density at radius 1 is 1.00 bits per heavy atom. The minimum Gasteiger partial charge on any atom is -0.497 e. The van der Waals surface area contributed by atoms with Crippen LogP contribution in [-0.2, 0) is 0 Å². The number of ether oxygens (including phenoxy) is 3. The lowest BCUT2D eigenvalue weighted by Gasteiger charge is -2.23. The predicted octanol–water partition coefficient (Wildman–Crippen LogP) is 4.64. The Bertz CT molecular complexity index is 782. The summed E-state index contributed by atoms with van der Waals surface area (Å²) in [5, 5.41) is 0. The lowest BCUT2D eigenvalue weighted by atomic mass is 9.96. The molecule has 0 aliphatic heterocycles. The molecular weight excluding hydrogens is 342 g/mol. The molecule has 2 rings (SSSR count). The standard InChI is InChI=1S/C22H29NO4/c1-7-23(8-2)22(24)18-10-9-11-19(27-15(3)4)21(18)17-13-12-16(25-5)14-20(17)26-6/h9-15H,7-8H2,1-6H3. The van der Waals surface area contributed by atoms with Gasteiger partial charge in [0.1, 0.15) is 17.2 Å². The van der Waals surface area contributed by atoms with Crippen LogP contribution in [0, 0.1) is 0 Å². The van der Waals surface area contributed by atoms with Gasteiger partial charge in [0.15, 0.2) is 0 Å². The molecule has 5 nitrogen and oxygen atoms in total. The zero-order chi connectivity index (χ0) is 20.0. The highest BCUT2D eigenvalue weighted by molar-refractivity contribution is 6.03. The first-order valence-corrected chi connectivity index (χ1v) is 9.28. The van der Waals surface area contributed by atoms with E-state index < -0.39 is 0 Å². The molecule has 5 heteroatoms. The molecule has 0 radical (unpaired) electrons. The molecule has 0 fully saturated rings. The monoisotopic (exact) mass is 371 g/mol. The van der Waals surface area contributed by atoms with Crippen molar-refractivity contribution in [2.75, 3.05) is 27.3 Å². The first-order valence-electron chi connectivity index (χ1n) is 9.28. The van der Waals surface area contributed by atoms with E-state index in [1.165, 1.54) is 0 Å². The van der Waals surface area contributed by atoms with Crippen LogP contribution < -0.4 is 14.2 Å². The number of benzene rings is 2. The number of hydrogen-bond donors (Lipinski definition) is 0. The number of carbonyl (C=O) groups excluding carboxylic acids is 1. The lowest BCUT2D eigenvalue weighted by molar-refractivity contribution is 0.0773. The van der Waals surface area contributed by atoms with E-state index in [-0.39, 0.29) is 12.0 Å². The van der Waals surface area contributed by atoms with Crippen molar-refractivity contribution in [1.29, 1.82) is 0 Å². The number of rotatable bonds is 8. The van der Waals surface area contributed by atoms with Gasteiger partial charge in [-0.25, -0.2) is 0 Å². The van der Waals surface area contributed by atoms with Gasteiger partial charge in [-0.05, 0) is 52.0 Å². The molecule has 0 N–H and O–H groups in total. The van der Waals surface area contributed by atoms with E-state index in [0.717, 1.165) is 11.1 Å². The van der Waals surface area contributed by atoms with E-state index in [4.69, 9.17) is 14.2 Å². The maximum atomic E-state index is 13.2. The summed E-state index contributed by atoms with van der Waals surface area (Å²) in [5.74, 6) is 1.95. The molecule has 0 atom stereocenters. The minimum atomic E-state index is -0.0259. The van der Waals surface area contributed by atoms with Gasteiger partial charge in [0, 0.05) is 30.3 Å². The summed E-state index contributed by atoms with van der Waals surface area (Å²) < 4.78 is 16.9. The number of carbonyl (C=O) groups is 1. The second-order valence-electron chi connectivity index (χ2n) is 6.39. The molecule has 0 bridgehead atoms. The fraction of sp³-hybridized carbons (Fsp3) is 0.409. The maximum Gasteiger partial charge on any atom is 0.254 e. The van der Waals surface area contributed by atoms with Gasteiger partial charge in [0.05, 0.1) is 25.9 Å². The highest BCUT2D eigenvalue weighted by atomic mass is 16.5. The quantitative estimate of drug-likeness (QED) is 0.678. The fourth-order valence-electron chi connectivity index (χ4n) is 3.03. The van der Waals surface area contributed by atoms with Crippen molar-refractivity contribution >= 4 is 5.91 Å². The van der Waals surface area contributed by atoms with Crippen molar-refractivity contribution in [1.82, 2.24) is 4.90 Å². The van der Waals surface area contributed by atoms with E-state index >= 15 is 0 Å². The molecule has 0 aliphatic carbocycles. The molecule has 0 heterocycles. The predicted molar refractivity (Wildman–Crippen MR) is 108 cm³/mol. The summed E-state index contributed by atoms with van der Waals surface area (Å²) in [5.41, 5.74) is 2.13. The zero-order valence-electron chi connectivity index (χ0n) is 17.0. The molecule has 0 saturated heterocycles. The van der Waals surface area contributed by atoms with Gasteiger partial charge < -0.3 is 19.1 Å². The summed E-state index contributed by atoms with van der Waals surface area (Å²) in [7, 11) is 3.22. The van der Waals surface area contributed by atoms with Crippen LogP contribution in [0.25, 0.3) is 11.1 Å². The summed E-state index contributed by atoms with van der Waals surface area (Å²) in [6, 6.07) is 11.2. The summed E-state index contributed by atoms with van der Waals surface area (Å²) in [6.45, 7) is 9.17. The van der Waals surface area contributed by atoms with Crippen LogP contribution >= 0.6 is 0 Å². The third-order valence-corrected chi connectivity index (χ3v) is 4.35. The highest BCUT2D eigenvalue weighted by Crippen LogP contribution is 2.41. The largest absolute Gasteiger partial charge is 0.497 e. The minimum absolute atomic E-state index is 0.0215. The average Bonchev–Trinajstić information content (AvgIpc) is 2.67. The molecule has 2 aromatic carbocycles. The first kappa shape index (κ1) is 20.6. The molecule has 0 spiro atoms. The fourth-order valence-corrected chi connectivity index (χ4v) is 3.03. The van der Waals surface area contributed by atoms with Crippen molar-refractivity contribution in [3.8, 4) is 28.4 Å². The molecule has 1 amide bonds. The van der Waals surface area contributed by atoms with Crippen molar-refractivity contribution in [2.24, 2.45) is 0 Å². The number of hydrogen-bond acceptors (Lipinski definition) is 4. The van der Waals surface area contributed by atoms with Crippen molar-refractivity contribution in [3.63, 3.8) is 0 Å². The van der Waals surface area contributed by atoms with Crippen molar-refractivity contribution < 1.29 is 19.0 Å². The van der Waals surface area contributed by atoms with Crippen molar-refractivity contribution in [3.05, 3.63) is 42.0 Å². The van der Waals surface area contributed by atoms with E-state index in [1.807, 2.05) is 64.1 Å². The molecule has 27 heavy (non-hydrogen) atoms. The zero-order valence-corrected chi connectivity index (χ0v) is 17.0. The summed E-state index contributed by atoms with van der Waals surface area (Å²) in [6.07, 6.45) is -0.0215. The van der Waals surface area contributed by atoms with Crippen LogP contribution in [0.1, 0.15) is 38.1 Å². The number of methoxy groups -OCH3 is 2. The smallest absolute Gasteiger partial charge is 0.254 e. The van der Waals surface area contributed by atoms with Gasteiger partial charge in [0.2, 0.25) is 0 Å². The molecular formula is C22H29NO4. The molecule has 2 aromatic rings. The van der Waals surface area contributed by atoms with Crippen LogP contribution in [0.3, 0.4) is 0 Å². The van der Waals surface area contributed by atoms with Gasteiger partial charge in [-0.1, -0.05) is 6.07 Å². The third-order valence-electron chi connectivity index (χ3n) is 4.35. The van der Waals surface area contributed by atoms with E-state index in [0.29, 0.717) is 35.9 Å². The Kier molecular flexibility index (Phi) is 7.11. The van der Waals surface area contributed by atoms with E-state index in [2.05, 4.69) is 0 Å². The van der Waals surface area contributed by atoms with Crippen molar-refractivity contribution in [2.45, 2.75) is 33.8 Å². The van der Waals surface area contributed by atoms with Crippen LogP contribution in [-0.4, -0.2) is 44.2 Å². The maximum absolute atomic E-state index is 13.2. The molecule has 0 unspecified atom stereocenters. The number of amides is 1. The second kappa shape index (κ2) is 9.31. The lowest BCUT2D eigenvalue weighted by Crippen LogP contribution is -2.31. The normalized spacial score (nSPS) is 10.6. The van der Waals surface area contributed by atoms with Gasteiger partial charge in [-0.3, -0.25) is 4.79 Å². The van der Waals surface area contributed by atoms with E-state index in [9.17, 15) is 4.79 Å². The Morgan fingerprint density at radius 2 is 1.70 bits per heavy atom. The topological polar surface area (TPSA) is 48.0 Å². The summed E-state index contributed by atoms with van der Waals surface area (Å²) >= 11 is 0. The molecule has 146 valence electrons. The SMILES string of the molecule is CCN(CC)C(=O)c1cccc(OC(C)C)c1-c1ccc(OC)cc1OC. The highest BCUT2D eigenvalue weighted by Gasteiger charge is 2.23.